The summed E-state index contributed by atoms with van der Waals surface area (Å²) in [6.45, 7) is 1.92. The van der Waals surface area contributed by atoms with Gasteiger partial charge in [-0.2, -0.15) is 5.10 Å². The third-order valence-corrected chi connectivity index (χ3v) is 3.77. The van der Waals surface area contributed by atoms with Gasteiger partial charge >= 0.3 is 0 Å². The third kappa shape index (κ3) is 2.57. The largest absolute Gasteiger partial charge is 0.337 e. The summed E-state index contributed by atoms with van der Waals surface area (Å²) < 4.78 is 0. The van der Waals surface area contributed by atoms with Gasteiger partial charge in [-0.05, 0) is 30.7 Å². The molecular formula is C16H14N6O. The summed E-state index contributed by atoms with van der Waals surface area (Å²) in [5, 5.41) is 4.13. The van der Waals surface area contributed by atoms with Crippen LogP contribution in [0.2, 0.25) is 0 Å². The predicted molar refractivity (Wildman–Crippen MR) is 85.8 cm³/mol. The molecule has 0 fully saturated rings. The second-order valence-corrected chi connectivity index (χ2v) is 5.46. The summed E-state index contributed by atoms with van der Waals surface area (Å²) in [5.74, 6) is 0.666. The van der Waals surface area contributed by atoms with Gasteiger partial charge < -0.3 is 4.98 Å². The first-order chi connectivity index (χ1) is 11.2. The summed E-state index contributed by atoms with van der Waals surface area (Å²) >= 11 is 0. The Morgan fingerprint density at radius 1 is 1.13 bits per heavy atom. The second-order valence-electron chi connectivity index (χ2n) is 5.46. The zero-order valence-corrected chi connectivity index (χ0v) is 12.5. The van der Waals surface area contributed by atoms with E-state index < -0.39 is 0 Å². The number of hydrogen-bond donors (Lipinski definition) is 2. The van der Waals surface area contributed by atoms with Gasteiger partial charge in [0.05, 0.1) is 16.7 Å². The van der Waals surface area contributed by atoms with Crippen LogP contribution in [0.5, 0.6) is 0 Å². The molecule has 7 heteroatoms. The molecule has 114 valence electrons. The maximum atomic E-state index is 11.2. The first kappa shape index (κ1) is 13.6. The van der Waals surface area contributed by atoms with Gasteiger partial charge in [-0.25, -0.2) is 20.4 Å². The zero-order valence-electron chi connectivity index (χ0n) is 12.5. The van der Waals surface area contributed by atoms with E-state index in [4.69, 9.17) is 0 Å². The van der Waals surface area contributed by atoms with Gasteiger partial charge in [0.25, 0.3) is 0 Å². The molecule has 23 heavy (non-hydrogen) atoms. The lowest BCUT2D eigenvalue weighted by Gasteiger charge is -2.11. The number of aromatic amines is 1. The quantitative estimate of drug-likeness (QED) is 0.756. The Labute approximate surface area is 131 Å². The highest BCUT2D eigenvalue weighted by Crippen LogP contribution is 2.21. The van der Waals surface area contributed by atoms with Crippen LogP contribution in [-0.2, 0) is 4.79 Å². The summed E-state index contributed by atoms with van der Waals surface area (Å²) in [6, 6.07) is 7.79. The number of aromatic nitrogens is 4. The van der Waals surface area contributed by atoms with Gasteiger partial charge in [0.1, 0.15) is 12.0 Å². The van der Waals surface area contributed by atoms with E-state index in [2.05, 4.69) is 30.5 Å². The number of aryl methyl sites for hydroxylation is 1. The van der Waals surface area contributed by atoms with Crippen LogP contribution in [0.1, 0.15) is 24.1 Å². The van der Waals surface area contributed by atoms with E-state index in [9.17, 15) is 4.79 Å². The Kier molecular flexibility index (Phi) is 3.11. The molecule has 2 aromatic heterocycles. The fourth-order valence-electron chi connectivity index (χ4n) is 2.58. The number of carbonyl (C=O) groups is 1. The third-order valence-electron chi connectivity index (χ3n) is 3.77. The Balaban J connectivity index is 1.74. The number of hydrazone groups is 1. The number of benzene rings is 1. The van der Waals surface area contributed by atoms with E-state index in [-0.39, 0.29) is 5.91 Å². The highest BCUT2D eigenvalue weighted by atomic mass is 16.2. The molecule has 0 unspecified atom stereocenters. The molecule has 1 amide bonds. The van der Waals surface area contributed by atoms with Crippen LogP contribution in [0.4, 0.5) is 0 Å². The molecule has 7 nitrogen and oxygen atoms in total. The minimum Gasteiger partial charge on any atom is -0.337 e. The van der Waals surface area contributed by atoms with Crippen LogP contribution in [0.15, 0.2) is 35.7 Å². The smallest absolute Gasteiger partial charge is 0.240 e. The monoisotopic (exact) mass is 306 g/mol. The number of nitrogens with one attached hydrogen (secondary N) is 2. The fraction of sp³-hybridized carbons (Fsp3) is 0.188. The molecule has 1 aliphatic heterocycles. The summed E-state index contributed by atoms with van der Waals surface area (Å²) in [7, 11) is 0. The van der Waals surface area contributed by atoms with Crippen LogP contribution >= 0.6 is 0 Å². The summed E-state index contributed by atoms with van der Waals surface area (Å²) in [6.07, 6.45) is 2.64. The molecule has 3 heterocycles. The molecule has 0 bridgehead atoms. The van der Waals surface area contributed by atoms with Crippen LogP contribution in [0.25, 0.3) is 22.6 Å². The molecule has 0 atom stereocenters. The molecule has 3 aromatic rings. The van der Waals surface area contributed by atoms with Crippen molar-refractivity contribution >= 4 is 22.7 Å². The number of imidazole rings is 1. The number of carbonyl (C=O) groups excluding carboxylic acids is 1. The van der Waals surface area contributed by atoms with Crippen molar-refractivity contribution in [2.24, 2.45) is 5.10 Å². The number of nitrogens with zero attached hydrogens (tertiary/aromatic N) is 4. The van der Waals surface area contributed by atoms with Gasteiger partial charge in [0, 0.05) is 18.5 Å². The first-order valence-corrected chi connectivity index (χ1v) is 7.33. The highest BCUT2D eigenvalue weighted by Gasteiger charge is 2.14. The first-order valence-electron chi connectivity index (χ1n) is 7.33. The van der Waals surface area contributed by atoms with Crippen molar-refractivity contribution in [2.45, 2.75) is 19.8 Å². The maximum absolute atomic E-state index is 11.2. The van der Waals surface area contributed by atoms with Gasteiger partial charge in [-0.3, -0.25) is 4.79 Å². The van der Waals surface area contributed by atoms with Crippen molar-refractivity contribution in [3.63, 3.8) is 0 Å². The molecule has 1 aromatic carbocycles. The lowest BCUT2D eigenvalue weighted by Crippen LogP contribution is -2.25. The van der Waals surface area contributed by atoms with Crippen molar-refractivity contribution in [1.82, 2.24) is 25.4 Å². The molecule has 0 saturated carbocycles. The van der Waals surface area contributed by atoms with E-state index in [1.807, 2.05) is 31.2 Å². The second kappa shape index (κ2) is 5.28. The normalized spacial score (nSPS) is 14.7. The van der Waals surface area contributed by atoms with Gasteiger partial charge in [-0.15, -0.1) is 0 Å². The number of H-pyrrole nitrogens is 1. The average Bonchev–Trinajstić information content (AvgIpc) is 2.99. The van der Waals surface area contributed by atoms with Crippen LogP contribution < -0.4 is 5.43 Å². The van der Waals surface area contributed by atoms with Crippen molar-refractivity contribution in [3.8, 4) is 11.5 Å². The fourth-order valence-corrected chi connectivity index (χ4v) is 2.58. The van der Waals surface area contributed by atoms with Crippen LogP contribution in [0, 0.1) is 6.92 Å². The predicted octanol–water partition coefficient (Wildman–Crippen LogP) is 1.94. The molecule has 2 N–H and O–H groups in total. The standard InChI is InChI=1S/C16H14N6O/c1-9-6-14(18-8-17-9)16-19-12-3-2-10(7-13(12)20-16)11-4-5-15(23)22-21-11/h2-3,6-8H,4-5H2,1H3,(H,19,20)(H,22,23). The molecule has 0 saturated heterocycles. The number of rotatable bonds is 2. The van der Waals surface area contributed by atoms with E-state index >= 15 is 0 Å². The van der Waals surface area contributed by atoms with E-state index in [1.165, 1.54) is 6.33 Å². The number of hydrogen-bond acceptors (Lipinski definition) is 5. The lowest BCUT2D eigenvalue weighted by molar-refractivity contribution is -0.121. The Morgan fingerprint density at radius 3 is 2.83 bits per heavy atom. The molecule has 0 aliphatic carbocycles. The minimum atomic E-state index is -0.0437. The Hall–Kier alpha value is -3.09. The van der Waals surface area contributed by atoms with Crippen molar-refractivity contribution in [1.29, 1.82) is 0 Å². The van der Waals surface area contributed by atoms with E-state index in [1.54, 1.807) is 0 Å². The van der Waals surface area contributed by atoms with Crippen molar-refractivity contribution in [2.75, 3.05) is 0 Å². The van der Waals surface area contributed by atoms with Crippen molar-refractivity contribution < 1.29 is 4.79 Å². The van der Waals surface area contributed by atoms with Crippen LogP contribution in [0.3, 0.4) is 0 Å². The SMILES string of the molecule is Cc1cc(-c2nc3ccc(C4=NNC(=O)CC4)cc3[nH]2)ncn1. The van der Waals surface area contributed by atoms with Crippen LogP contribution in [-0.4, -0.2) is 31.6 Å². The zero-order chi connectivity index (χ0) is 15.8. The molecule has 1 aliphatic rings. The average molecular weight is 306 g/mol. The molecule has 0 radical (unpaired) electrons. The minimum absolute atomic E-state index is 0.0437. The maximum Gasteiger partial charge on any atom is 0.240 e. The van der Waals surface area contributed by atoms with Gasteiger partial charge in [0.15, 0.2) is 5.82 Å². The number of fused-ring (bicyclic) bond motifs is 1. The lowest BCUT2D eigenvalue weighted by atomic mass is 10.0. The topological polar surface area (TPSA) is 95.9 Å². The van der Waals surface area contributed by atoms with Gasteiger partial charge in [-0.1, -0.05) is 6.07 Å². The molecule has 0 spiro atoms. The molecular weight excluding hydrogens is 292 g/mol. The number of amides is 1. The Morgan fingerprint density at radius 2 is 2.04 bits per heavy atom. The summed E-state index contributed by atoms with van der Waals surface area (Å²) in [4.78, 5) is 27.4. The van der Waals surface area contributed by atoms with Crippen molar-refractivity contribution in [3.05, 3.63) is 41.9 Å². The molecule has 4 rings (SSSR count). The summed E-state index contributed by atoms with van der Waals surface area (Å²) in [5.41, 5.74) is 7.80. The van der Waals surface area contributed by atoms with E-state index in [0.717, 1.165) is 33.7 Å². The Bertz CT molecular complexity index is 943. The van der Waals surface area contributed by atoms with E-state index in [0.29, 0.717) is 18.7 Å². The van der Waals surface area contributed by atoms with Gasteiger partial charge in [0.2, 0.25) is 5.91 Å². The highest BCUT2D eigenvalue weighted by molar-refractivity contribution is 6.05.